The quantitative estimate of drug-likeness (QED) is 0.857. The van der Waals surface area contributed by atoms with E-state index in [2.05, 4.69) is 28.8 Å². The van der Waals surface area contributed by atoms with Crippen molar-refractivity contribution in [3.63, 3.8) is 0 Å². The average molecular weight is 248 g/mol. The van der Waals surface area contributed by atoms with Crippen LogP contribution < -0.4 is 10.6 Å². The minimum Gasteiger partial charge on any atom is -0.315 e. The summed E-state index contributed by atoms with van der Waals surface area (Å²) in [5, 5.41) is 7.03. The van der Waals surface area contributed by atoms with Crippen molar-refractivity contribution in [2.45, 2.75) is 36.7 Å². The number of rotatable bonds is 3. The molecule has 1 saturated heterocycles. The van der Waals surface area contributed by atoms with Gasteiger partial charge in [0.1, 0.15) is 0 Å². The van der Waals surface area contributed by atoms with Crippen molar-refractivity contribution in [2.75, 3.05) is 18.8 Å². The van der Waals surface area contributed by atoms with Gasteiger partial charge in [-0.2, -0.15) is 0 Å². The number of benzene rings is 1. The van der Waals surface area contributed by atoms with E-state index in [1.807, 2.05) is 11.8 Å². The van der Waals surface area contributed by atoms with Crippen molar-refractivity contribution >= 4 is 11.8 Å². The highest BCUT2D eigenvalue weighted by molar-refractivity contribution is 7.99. The number of thioether (sulfide) groups is 1. The van der Waals surface area contributed by atoms with Crippen LogP contribution in [0.15, 0.2) is 23.1 Å². The molecule has 0 aliphatic carbocycles. The normalized spacial score (nSPS) is 23.6. The summed E-state index contributed by atoms with van der Waals surface area (Å²) in [7, 11) is 0. The summed E-state index contributed by atoms with van der Waals surface area (Å²) < 4.78 is 0. The maximum Gasteiger partial charge on any atom is 0.0208 e. The zero-order valence-corrected chi connectivity index (χ0v) is 11.0. The SMILES string of the molecule is c1cc2c(cc1CNC1CCNC1)CCCS2. The Balaban J connectivity index is 1.62. The molecule has 2 heterocycles. The molecule has 2 aliphatic heterocycles. The van der Waals surface area contributed by atoms with Gasteiger partial charge < -0.3 is 10.6 Å². The van der Waals surface area contributed by atoms with Gasteiger partial charge in [0.05, 0.1) is 0 Å². The smallest absolute Gasteiger partial charge is 0.0208 e. The van der Waals surface area contributed by atoms with E-state index < -0.39 is 0 Å². The Kier molecular flexibility index (Phi) is 3.69. The number of nitrogens with one attached hydrogen (secondary N) is 2. The summed E-state index contributed by atoms with van der Waals surface area (Å²) in [4.78, 5) is 1.50. The Labute approximate surface area is 108 Å². The highest BCUT2D eigenvalue weighted by Crippen LogP contribution is 2.30. The van der Waals surface area contributed by atoms with Gasteiger partial charge in [-0.3, -0.25) is 0 Å². The lowest BCUT2D eigenvalue weighted by atomic mass is 10.1. The summed E-state index contributed by atoms with van der Waals surface area (Å²) in [5.74, 6) is 1.29. The molecule has 2 nitrogen and oxygen atoms in total. The van der Waals surface area contributed by atoms with Crippen LogP contribution in [0.1, 0.15) is 24.0 Å². The molecule has 0 bridgehead atoms. The molecule has 2 N–H and O–H groups in total. The van der Waals surface area contributed by atoms with Gasteiger partial charge in [-0.1, -0.05) is 12.1 Å². The fraction of sp³-hybridized carbons (Fsp3) is 0.571. The Hall–Kier alpha value is -0.510. The molecule has 0 spiro atoms. The number of hydrogen-bond donors (Lipinski definition) is 2. The van der Waals surface area contributed by atoms with Crippen LogP contribution in [0.4, 0.5) is 0 Å². The molecule has 1 unspecified atom stereocenters. The van der Waals surface area contributed by atoms with E-state index in [-0.39, 0.29) is 0 Å². The fourth-order valence-corrected chi connectivity index (χ4v) is 3.63. The van der Waals surface area contributed by atoms with Crippen LogP contribution >= 0.6 is 11.8 Å². The van der Waals surface area contributed by atoms with E-state index in [4.69, 9.17) is 0 Å². The fourth-order valence-electron chi connectivity index (χ4n) is 2.61. The third-order valence-corrected chi connectivity index (χ3v) is 4.83. The zero-order valence-electron chi connectivity index (χ0n) is 10.2. The van der Waals surface area contributed by atoms with Crippen molar-refractivity contribution in [1.82, 2.24) is 10.6 Å². The molecule has 1 fully saturated rings. The van der Waals surface area contributed by atoms with Crippen molar-refractivity contribution in [1.29, 1.82) is 0 Å². The number of hydrogen-bond acceptors (Lipinski definition) is 3. The molecule has 0 aromatic heterocycles. The third-order valence-electron chi connectivity index (χ3n) is 3.63. The molecule has 1 aromatic carbocycles. The average Bonchev–Trinajstić information content (AvgIpc) is 2.89. The Morgan fingerprint density at radius 3 is 3.29 bits per heavy atom. The van der Waals surface area contributed by atoms with Crippen molar-refractivity contribution in [2.24, 2.45) is 0 Å². The molecule has 1 aromatic rings. The first kappa shape index (κ1) is 11.6. The van der Waals surface area contributed by atoms with Crippen molar-refractivity contribution in [3.05, 3.63) is 29.3 Å². The maximum atomic E-state index is 3.64. The largest absolute Gasteiger partial charge is 0.315 e. The first-order chi connectivity index (χ1) is 8.42. The van der Waals surface area contributed by atoms with Crippen LogP contribution in [0.5, 0.6) is 0 Å². The first-order valence-corrected chi connectivity index (χ1v) is 7.59. The molecular weight excluding hydrogens is 228 g/mol. The van der Waals surface area contributed by atoms with Gasteiger partial charge in [-0.15, -0.1) is 11.8 Å². The molecule has 0 amide bonds. The first-order valence-electron chi connectivity index (χ1n) is 6.60. The molecule has 3 heteroatoms. The monoisotopic (exact) mass is 248 g/mol. The van der Waals surface area contributed by atoms with Crippen LogP contribution in [0.3, 0.4) is 0 Å². The molecule has 17 heavy (non-hydrogen) atoms. The van der Waals surface area contributed by atoms with Gasteiger partial charge in [-0.05, 0) is 48.8 Å². The summed E-state index contributed by atoms with van der Waals surface area (Å²) in [6.45, 7) is 3.31. The highest BCUT2D eigenvalue weighted by Gasteiger charge is 2.14. The van der Waals surface area contributed by atoms with Crippen molar-refractivity contribution < 1.29 is 0 Å². The summed E-state index contributed by atoms with van der Waals surface area (Å²) in [5.41, 5.74) is 3.00. The van der Waals surface area contributed by atoms with Gasteiger partial charge >= 0.3 is 0 Å². The lowest BCUT2D eigenvalue weighted by Gasteiger charge is -2.17. The highest BCUT2D eigenvalue weighted by atomic mass is 32.2. The lowest BCUT2D eigenvalue weighted by molar-refractivity contribution is 0.547. The predicted octanol–water partition coefficient (Wildman–Crippen LogP) is 2.18. The lowest BCUT2D eigenvalue weighted by Crippen LogP contribution is -2.30. The van der Waals surface area contributed by atoms with E-state index in [0.717, 1.165) is 13.1 Å². The van der Waals surface area contributed by atoms with Gasteiger partial charge in [-0.25, -0.2) is 0 Å². The second kappa shape index (κ2) is 5.42. The van der Waals surface area contributed by atoms with Crippen molar-refractivity contribution in [3.8, 4) is 0 Å². The van der Waals surface area contributed by atoms with Crippen LogP contribution in [-0.2, 0) is 13.0 Å². The maximum absolute atomic E-state index is 3.64. The molecule has 2 aliphatic rings. The second-order valence-corrected chi connectivity index (χ2v) is 6.10. The Morgan fingerprint density at radius 1 is 1.41 bits per heavy atom. The van der Waals surface area contributed by atoms with Gasteiger partial charge in [0.15, 0.2) is 0 Å². The van der Waals surface area contributed by atoms with Crippen LogP contribution in [0.25, 0.3) is 0 Å². The second-order valence-electron chi connectivity index (χ2n) is 4.96. The molecule has 0 saturated carbocycles. The minimum absolute atomic E-state index is 0.667. The molecule has 3 rings (SSSR count). The van der Waals surface area contributed by atoms with Crippen LogP contribution in [0.2, 0.25) is 0 Å². The molecular formula is C14H20N2S. The molecule has 0 radical (unpaired) electrons. The predicted molar refractivity (Wildman–Crippen MR) is 73.6 cm³/mol. The Morgan fingerprint density at radius 2 is 2.41 bits per heavy atom. The van der Waals surface area contributed by atoms with E-state index >= 15 is 0 Å². The van der Waals surface area contributed by atoms with E-state index in [1.54, 1.807) is 5.56 Å². The molecule has 92 valence electrons. The number of fused-ring (bicyclic) bond motifs is 1. The standard InChI is InChI=1S/C14H20N2S/c1-2-12-8-11(3-4-14(12)17-7-1)9-16-13-5-6-15-10-13/h3-4,8,13,15-16H,1-2,5-7,9-10H2. The Bertz CT molecular complexity index is 386. The zero-order chi connectivity index (χ0) is 11.5. The summed E-state index contributed by atoms with van der Waals surface area (Å²) >= 11 is 2.01. The summed E-state index contributed by atoms with van der Waals surface area (Å²) in [6, 6.07) is 7.66. The van der Waals surface area contributed by atoms with Gasteiger partial charge in [0.25, 0.3) is 0 Å². The van der Waals surface area contributed by atoms with Gasteiger partial charge in [0.2, 0.25) is 0 Å². The minimum atomic E-state index is 0.667. The number of aryl methyl sites for hydroxylation is 1. The van der Waals surface area contributed by atoms with E-state index in [0.29, 0.717) is 6.04 Å². The topological polar surface area (TPSA) is 24.1 Å². The van der Waals surface area contributed by atoms with Crippen LogP contribution in [0, 0.1) is 0 Å². The van der Waals surface area contributed by atoms with E-state index in [1.165, 1.54) is 42.0 Å². The molecule has 1 atom stereocenters. The van der Waals surface area contributed by atoms with Gasteiger partial charge in [0, 0.05) is 24.0 Å². The van der Waals surface area contributed by atoms with E-state index in [9.17, 15) is 0 Å². The van der Waals surface area contributed by atoms with Crippen LogP contribution in [-0.4, -0.2) is 24.9 Å². The third kappa shape index (κ3) is 2.84. The summed E-state index contributed by atoms with van der Waals surface area (Å²) in [6.07, 6.45) is 3.86.